The molecule has 0 radical (unpaired) electrons. The van der Waals surface area contributed by atoms with Crippen LogP contribution in [0, 0.1) is 0 Å². The van der Waals surface area contributed by atoms with Gasteiger partial charge in [0, 0.05) is 5.75 Å². The van der Waals surface area contributed by atoms with E-state index >= 15 is 0 Å². The number of imidazole rings is 1. The maximum absolute atomic E-state index is 11.6. The highest BCUT2D eigenvalue weighted by atomic mass is 32.2. The van der Waals surface area contributed by atoms with Gasteiger partial charge in [-0.25, -0.2) is 19.5 Å². The number of nitrogens with two attached hydrogens (primary N) is 1. The van der Waals surface area contributed by atoms with E-state index in [1.54, 1.807) is 0 Å². The Hall–Kier alpha value is -1.31. The fourth-order valence-electron chi connectivity index (χ4n) is 2.92. The zero-order valence-electron chi connectivity index (χ0n) is 13.2. The van der Waals surface area contributed by atoms with Crippen molar-refractivity contribution in [3.05, 3.63) is 6.33 Å². The number of aliphatic hydroxyl groups excluding tert-OH is 2. The summed E-state index contributed by atoms with van der Waals surface area (Å²) >= 11 is 1.21. The fraction of sp³-hybridized carbons (Fsp3) is 0.583. The Morgan fingerprint density at radius 1 is 1.46 bits per heavy atom. The van der Waals surface area contributed by atoms with Gasteiger partial charge >= 0.3 is 7.82 Å². The zero-order valence-corrected chi connectivity index (χ0v) is 14.9. The van der Waals surface area contributed by atoms with Gasteiger partial charge in [0.15, 0.2) is 28.4 Å². The summed E-state index contributed by atoms with van der Waals surface area (Å²) in [5.74, 6) is 0.501. The molecule has 2 fully saturated rings. The highest BCUT2D eigenvalue weighted by Gasteiger charge is 2.53. The predicted octanol–water partition coefficient (Wildman–Crippen LogP) is -0.733. The SMILES string of the molecule is Nc1ncnc2c1nc(SCCO)n2C1OC2COP(=O)(O)OC2C1O. The number of rotatable bonds is 4. The molecule has 0 saturated carbocycles. The first kappa shape index (κ1) is 18.1. The van der Waals surface area contributed by atoms with E-state index in [0.717, 1.165) is 0 Å². The molecule has 5 unspecified atom stereocenters. The van der Waals surface area contributed by atoms with E-state index in [9.17, 15) is 14.6 Å². The monoisotopic (exact) mass is 405 g/mol. The van der Waals surface area contributed by atoms with Crippen LogP contribution in [0.5, 0.6) is 0 Å². The maximum Gasteiger partial charge on any atom is 0.472 e. The molecule has 0 amide bonds. The van der Waals surface area contributed by atoms with Crippen molar-refractivity contribution in [3.8, 4) is 0 Å². The first-order valence-electron chi connectivity index (χ1n) is 7.62. The number of hydrogen-bond acceptors (Lipinski definition) is 11. The van der Waals surface area contributed by atoms with Crippen molar-refractivity contribution in [3.63, 3.8) is 0 Å². The van der Waals surface area contributed by atoms with Crippen LogP contribution in [0.3, 0.4) is 0 Å². The predicted molar refractivity (Wildman–Crippen MR) is 88.1 cm³/mol. The molecule has 14 heteroatoms. The molecule has 0 aliphatic carbocycles. The number of nitrogens with zero attached hydrogens (tertiary/aromatic N) is 4. The Bertz CT molecular complexity index is 881. The van der Waals surface area contributed by atoms with Crippen molar-refractivity contribution in [2.75, 3.05) is 24.7 Å². The van der Waals surface area contributed by atoms with E-state index in [-0.39, 0.29) is 19.0 Å². The van der Waals surface area contributed by atoms with Crippen LogP contribution >= 0.6 is 19.6 Å². The number of fused-ring (bicyclic) bond motifs is 2. The molecule has 2 aliphatic rings. The van der Waals surface area contributed by atoms with E-state index < -0.39 is 32.4 Å². The highest BCUT2D eigenvalue weighted by molar-refractivity contribution is 7.99. The topological polar surface area (TPSA) is 175 Å². The lowest BCUT2D eigenvalue weighted by Gasteiger charge is -2.27. The van der Waals surface area contributed by atoms with Crippen LogP contribution in [0.1, 0.15) is 6.23 Å². The summed E-state index contributed by atoms with van der Waals surface area (Å²) in [6, 6.07) is 0. The van der Waals surface area contributed by atoms with Gasteiger partial charge in [0.05, 0.1) is 13.2 Å². The van der Waals surface area contributed by atoms with Gasteiger partial charge in [-0.1, -0.05) is 11.8 Å². The second kappa shape index (κ2) is 6.69. The van der Waals surface area contributed by atoms with Gasteiger partial charge in [0.1, 0.15) is 24.6 Å². The largest absolute Gasteiger partial charge is 0.472 e. The van der Waals surface area contributed by atoms with Crippen LogP contribution in [-0.4, -0.2) is 71.9 Å². The summed E-state index contributed by atoms with van der Waals surface area (Å²) in [4.78, 5) is 21.9. The number of nitrogen functional groups attached to an aromatic ring is 1. The minimum atomic E-state index is -4.23. The molecular weight excluding hydrogens is 389 g/mol. The smallest absolute Gasteiger partial charge is 0.396 e. The highest BCUT2D eigenvalue weighted by Crippen LogP contribution is 2.53. The molecule has 4 heterocycles. The number of aliphatic hydroxyl groups is 2. The molecule has 26 heavy (non-hydrogen) atoms. The molecular formula is C12H16N5O7PS. The lowest BCUT2D eigenvalue weighted by molar-refractivity contribution is -0.0684. The van der Waals surface area contributed by atoms with Crippen molar-refractivity contribution >= 4 is 36.6 Å². The summed E-state index contributed by atoms with van der Waals surface area (Å²) in [5.41, 5.74) is 6.50. The molecule has 2 aliphatic heterocycles. The molecule has 0 bridgehead atoms. The van der Waals surface area contributed by atoms with Crippen LogP contribution in [0.15, 0.2) is 11.5 Å². The second-order valence-corrected chi connectivity index (χ2v) is 8.13. The fourth-order valence-corrected chi connectivity index (χ4v) is 4.65. The normalized spacial score (nSPS) is 34.3. The van der Waals surface area contributed by atoms with Crippen molar-refractivity contribution in [2.45, 2.75) is 29.7 Å². The molecule has 142 valence electrons. The molecule has 12 nitrogen and oxygen atoms in total. The Balaban J connectivity index is 1.76. The lowest BCUT2D eigenvalue weighted by atomic mass is 10.1. The van der Waals surface area contributed by atoms with Crippen LogP contribution in [0.2, 0.25) is 0 Å². The van der Waals surface area contributed by atoms with E-state index in [2.05, 4.69) is 15.0 Å². The maximum atomic E-state index is 11.6. The van der Waals surface area contributed by atoms with Gasteiger partial charge in [0.2, 0.25) is 0 Å². The Morgan fingerprint density at radius 3 is 3.04 bits per heavy atom. The third-order valence-corrected chi connectivity index (χ3v) is 5.93. The zero-order chi connectivity index (χ0) is 18.5. The van der Waals surface area contributed by atoms with Gasteiger partial charge in [-0.3, -0.25) is 13.6 Å². The van der Waals surface area contributed by atoms with Crippen LogP contribution in [-0.2, 0) is 18.3 Å². The molecule has 2 aromatic rings. The number of thioether (sulfide) groups is 1. The quantitative estimate of drug-likeness (QED) is 0.371. The van der Waals surface area contributed by atoms with Gasteiger partial charge < -0.3 is 25.6 Å². The average Bonchev–Trinajstić information content (AvgIpc) is 3.11. The minimum absolute atomic E-state index is 0.0843. The van der Waals surface area contributed by atoms with Crippen molar-refractivity contribution in [1.29, 1.82) is 0 Å². The Labute approximate surface area is 150 Å². The van der Waals surface area contributed by atoms with Crippen LogP contribution in [0.25, 0.3) is 11.2 Å². The number of phosphoric acid groups is 1. The number of anilines is 1. The average molecular weight is 405 g/mol. The van der Waals surface area contributed by atoms with Crippen LogP contribution < -0.4 is 5.73 Å². The lowest BCUT2D eigenvalue weighted by Crippen LogP contribution is -2.39. The van der Waals surface area contributed by atoms with Crippen molar-refractivity contribution in [1.82, 2.24) is 19.5 Å². The molecule has 2 aromatic heterocycles. The molecule has 0 aromatic carbocycles. The van der Waals surface area contributed by atoms with Gasteiger partial charge in [0.25, 0.3) is 0 Å². The number of hydrogen-bond donors (Lipinski definition) is 4. The Morgan fingerprint density at radius 2 is 2.27 bits per heavy atom. The van der Waals surface area contributed by atoms with Crippen LogP contribution in [0.4, 0.5) is 5.82 Å². The van der Waals surface area contributed by atoms with E-state index in [4.69, 9.17) is 24.6 Å². The van der Waals surface area contributed by atoms with E-state index in [0.29, 0.717) is 22.1 Å². The third-order valence-electron chi connectivity index (χ3n) is 4.02. The van der Waals surface area contributed by atoms with Gasteiger partial charge in [-0.2, -0.15) is 0 Å². The Kier molecular flexibility index (Phi) is 4.65. The summed E-state index contributed by atoms with van der Waals surface area (Å²) in [5, 5.41) is 20.2. The molecule has 2 saturated heterocycles. The van der Waals surface area contributed by atoms with Crippen molar-refractivity contribution < 1.29 is 33.5 Å². The third kappa shape index (κ3) is 3.00. The van der Waals surface area contributed by atoms with E-state index in [1.165, 1.54) is 22.7 Å². The number of ether oxygens (including phenoxy) is 1. The summed E-state index contributed by atoms with van der Waals surface area (Å²) in [7, 11) is -4.23. The van der Waals surface area contributed by atoms with E-state index in [1.807, 2.05) is 0 Å². The first-order chi connectivity index (χ1) is 12.4. The number of phosphoric ester groups is 1. The standard InChI is InChI=1S/C12H16N5O7PS/c13-9-6-10(15-4-14-9)17(12(16-6)26-2-1-18)11-7(19)8-5(23-11)3-22-25(20,21)24-8/h4-5,7-8,11,18-19H,1-3H2,(H,20,21)(H2,13,14,15). The van der Waals surface area contributed by atoms with Gasteiger partial charge in [-0.15, -0.1) is 0 Å². The molecule has 4 rings (SSSR count). The second-order valence-electron chi connectivity index (χ2n) is 5.66. The minimum Gasteiger partial charge on any atom is -0.396 e. The van der Waals surface area contributed by atoms with Crippen molar-refractivity contribution in [2.24, 2.45) is 0 Å². The van der Waals surface area contributed by atoms with Gasteiger partial charge in [-0.05, 0) is 0 Å². The molecule has 5 atom stereocenters. The summed E-state index contributed by atoms with van der Waals surface area (Å²) in [6.07, 6.45) is -2.79. The summed E-state index contributed by atoms with van der Waals surface area (Å²) < 4.78 is 28.7. The summed E-state index contributed by atoms with van der Waals surface area (Å²) in [6.45, 7) is -0.284. The first-order valence-corrected chi connectivity index (χ1v) is 10.1. The number of aromatic nitrogens is 4. The molecule has 0 spiro atoms. The molecule has 5 N–H and O–H groups in total.